The third-order valence-electron chi connectivity index (χ3n) is 6.12. The fraction of sp³-hybridized carbons (Fsp3) is 0.391. The highest BCUT2D eigenvalue weighted by atomic mass is 35.5. The molecule has 0 aliphatic carbocycles. The lowest BCUT2D eigenvalue weighted by atomic mass is 10.1. The molecular formula is C23H26ClN5O. The van der Waals surface area contributed by atoms with Gasteiger partial charge in [-0.1, -0.05) is 30.3 Å². The van der Waals surface area contributed by atoms with Crippen LogP contribution in [0.3, 0.4) is 0 Å². The number of hydrogen-bond acceptors (Lipinski definition) is 5. The highest BCUT2D eigenvalue weighted by molar-refractivity contribution is 6.31. The topological polar surface area (TPSA) is 54.7 Å². The first-order valence-corrected chi connectivity index (χ1v) is 10.8. The van der Waals surface area contributed by atoms with Crippen LogP contribution >= 0.6 is 11.6 Å². The second-order valence-electron chi connectivity index (χ2n) is 8.12. The molecule has 0 spiro atoms. The number of piperidine rings is 1. The minimum absolute atomic E-state index is 0.250. The van der Waals surface area contributed by atoms with Gasteiger partial charge in [0.25, 0.3) is 0 Å². The molecule has 0 atom stereocenters. The zero-order chi connectivity index (χ0) is 20.8. The molecule has 1 N–H and O–H groups in total. The lowest BCUT2D eigenvalue weighted by Crippen LogP contribution is -2.34. The van der Waals surface area contributed by atoms with Crippen molar-refractivity contribution in [2.24, 2.45) is 0 Å². The molecule has 1 fully saturated rings. The van der Waals surface area contributed by atoms with Crippen LogP contribution in [0.25, 0.3) is 11.3 Å². The first-order valence-electron chi connectivity index (χ1n) is 10.5. The number of fused-ring (bicyclic) bond motifs is 3. The van der Waals surface area contributed by atoms with Crippen molar-refractivity contribution in [3.8, 4) is 5.75 Å². The number of aromatic nitrogens is 3. The van der Waals surface area contributed by atoms with Gasteiger partial charge in [-0.3, -0.25) is 0 Å². The number of hydrogen-bond donors (Lipinski definition) is 1. The van der Waals surface area contributed by atoms with Crippen LogP contribution in [0.5, 0.6) is 5.75 Å². The summed E-state index contributed by atoms with van der Waals surface area (Å²) >= 11 is 6.37. The van der Waals surface area contributed by atoms with Crippen molar-refractivity contribution >= 4 is 22.9 Å². The minimum atomic E-state index is 0.250. The number of rotatable bonds is 4. The summed E-state index contributed by atoms with van der Waals surface area (Å²) < 4.78 is 8.24. The van der Waals surface area contributed by atoms with E-state index < -0.39 is 0 Å². The molecule has 0 amide bonds. The molecule has 0 radical (unpaired) electrons. The fourth-order valence-corrected chi connectivity index (χ4v) is 4.50. The van der Waals surface area contributed by atoms with E-state index in [2.05, 4.69) is 22.9 Å². The molecule has 0 saturated carbocycles. The van der Waals surface area contributed by atoms with Crippen LogP contribution in [-0.4, -0.2) is 38.7 Å². The normalized spacial score (nSPS) is 16.8. The van der Waals surface area contributed by atoms with E-state index in [9.17, 15) is 0 Å². The molecule has 2 aliphatic rings. The lowest BCUT2D eigenvalue weighted by molar-refractivity contribution is 0.161. The number of nitrogens with one attached hydrogen (secondary N) is 1. The van der Waals surface area contributed by atoms with Crippen LogP contribution in [0, 0.1) is 13.8 Å². The third kappa shape index (κ3) is 3.24. The molecule has 4 heterocycles. The molecule has 3 aromatic rings. The molecule has 156 valence electrons. The van der Waals surface area contributed by atoms with Crippen molar-refractivity contribution in [1.82, 2.24) is 24.8 Å². The van der Waals surface area contributed by atoms with Gasteiger partial charge in [-0.05, 0) is 51.9 Å². The smallest absolute Gasteiger partial charge is 0.160 e. The van der Waals surface area contributed by atoms with Gasteiger partial charge in [-0.15, -0.1) is 0 Å². The maximum atomic E-state index is 6.37. The van der Waals surface area contributed by atoms with Crippen LogP contribution in [0.2, 0.25) is 5.02 Å². The van der Waals surface area contributed by atoms with Crippen LogP contribution in [0.1, 0.15) is 41.1 Å². The van der Waals surface area contributed by atoms with E-state index in [0.29, 0.717) is 11.6 Å². The highest BCUT2D eigenvalue weighted by Gasteiger charge is 2.29. The minimum Gasteiger partial charge on any atom is -0.490 e. The molecular weight excluding hydrogens is 398 g/mol. The Morgan fingerprint density at radius 3 is 2.77 bits per heavy atom. The second kappa shape index (κ2) is 7.60. The summed E-state index contributed by atoms with van der Waals surface area (Å²) in [6, 6.07) is 8.20. The Hall–Kier alpha value is -2.57. The molecule has 0 unspecified atom stereocenters. The van der Waals surface area contributed by atoms with E-state index in [0.717, 1.165) is 77.8 Å². The van der Waals surface area contributed by atoms with Gasteiger partial charge in [0.05, 0.1) is 28.6 Å². The van der Waals surface area contributed by atoms with E-state index in [-0.39, 0.29) is 6.10 Å². The van der Waals surface area contributed by atoms with E-state index in [1.54, 1.807) is 0 Å². The van der Waals surface area contributed by atoms with E-state index >= 15 is 0 Å². The van der Waals surface area contributed by atoms with Crippen LogP contribution in [0.4, 0.5) is 0 Å². The average molecular weight is 424 g/mol. The predicted molar refractivity (Wildman–Crippen MR) is 119 cm³/mol. The Bertz CT molecular complexity index is 1130. The van der Waals surface area contributed by atoms with Gasteiger partial charge in [0.15, 0.2) is 5.65 Å². The SMILES string of the molecule is C=C(c1ccccc1OC1CCNCC1)N1Cc2nn3c(C)c(Cl)c(C)nc3c2C1. The summed E-state index contributed by atoms with van der Waals surface area (Å²) in [6.45, 7) is 11.8. The number of benzene rings is 1. The standard InChI is InChI=1S/C23H26ClN5O/c1-14-22(24)16(3)29-23(26-14)19-12-28(13-20(19)27-29)15(2)18-6-4-5-7-21(18)30-17-8-10-25-11-9-17/h4-7,17,25H,2,8-13H2,1,3H3. The van der Waals surface area contributed by atoms with E-state index in [1.807, 2.05) is 36.6 Å². The zero-order valence-electron chi connectivity index (χ0n) is 17.4. The third-order valence-corrected chi connectivity index (χ3v) is 6.66. The zero-order valence-corrected chi connectivity index (χ0v) is 18.2. The molecule has 30 heavy (non-hydrogen) atoms. The first kappa shape index (κ1) is 19.4. The maximum absolute atomic E-state index is 6.37. The predicted octanol–water partition coefficient (Wildman–Crippen LogP) is 4.12. The molecule has 5 rings (SSSR count). The quantitative estimate of drug-likeness (QED) is 0.684. The summed E-state index contributed by atoms with van der Waals surface area (Å²) in [5, 5.41) is 8.85. The number of nitrogens with zero attached hydrogens (tertiary/aromatic N) is 4. The molecule has 2 aliphatic heterocycles. The Morgan fingerprint density at radius 1 is 1.20 bits per heavy atom. The van der Waals surface area contributed by atoms with Crippen molar-refractivity contribution in [1.29, 1.82) is 0 Å². The molecule has 6 nitrogen and oxygen atoms in total. The molecule has 1 saturated heterocycles. The van der Waals surface area contributed by atoms with Crippen molar-refractivity contribution in [2.45, 2.75) is 45.9 Å². The monoisotopic (exact) mass is 423 g/mol. The fourth-order valence-electron chi connectivity index (χ4n) is 4.38. The number of para-hydroxylation sites is 1. The summed E-state index contributed by atoms with van der Waals surface area (Å²) in [7, 11) is 0. The van der Waals surface area contributed by atoms with Crippen LogP contribution in [-0.2, 0) is 13.1 Å². The summed E-state index contributed by atoms with van der Waals surface area (Å²) in [4.78, 5) is 6.96. The highest BCUT2D eigenvalue weighted by Crippen LogP contribution is 2.36. The Balaban J connectivity index is 1.41. The number of halogens is 1. The van der Waals surface area contributed by atoms with Gasteiger partial charge in [0.2, 0.25) is 0 Å². The van der Waals surface area contributed by atoms with Crippen molar-refractivity contribution in [2.75, 3.05) is 13.1 Å². The van der Waals surface area contributed by atoms with Crippen molar-refractivity contribution in [3.63, 3.8) is 0 Å². The van der Waals surface area contributed by atoms with Crippen molar-refractivity contribution < 1.29 is 4.74 Å². The van der Waals surface area contributed by atoms with Gasteiger partial charge in [-0.2, -0.15) is 5.10 Å². The number of ether oxygens (including phenoxy) is 1. The molecule has 0 bridgehead atoms. The van der Waals surface area contributed by atoms with Gasteiger partial charge in [0, 0.05) is 23.4 Å². The van der Waals surface area contributed by atoms with Crippen molar-refractivity contribution in [3.05, 3.63) is 64.1 Å². The molecule has 2 aromatic heterocycles. The lowest BCUT2D eigenvalue weighted by Gasteiger charge is -2.27. The largest absolute Gasteiger partial charge is 0.490 e. The Kier molecular flexibility index (Phi) is 4.91. The van der Waals surface area contributed by atoms with Gasteiger partial charge in [0.1, 0.15) is 11.9 Å². The summed E-state index contributed by atoms with van der Waals surface area (Å²) in [6.07, 6.45) is 2.31. The van der Waals surface area contributed by atoms with Gasteiger partial charge in [-0.25, -0.2) is 9.50 Å². The Morgan fingerprint density at radius 2 is 1.97 bits per heavy atom. The first-order chi connectivity index (χ1) is 14.5. The molecule has 1 aromatic carbocycles. The summed E-state index contributed by atoms with van der Waals surface area (Å²) in [5.74, 6) is 0.907. The maximum Gasteiger partial charge on any atom is 0.160 e. The second-order valence-corrected chi connectivity index (χ2v) is 8.50. The average Bonchev–Trinajstić information content (AvgIpc) is 3.32. The van der Waals surface area contributed by atoms with Gasteiger partial charge >= 0.3 is 0 Å². The summed E-state index contributed by atoms with van der Waals surface area (Å²) in [5.41, 5.74) is 6.83. The molecule has 7 heteroatoms. The van der Waals surface area contributed by atoms with Gasteiger partial charge < -0.3 is 15.0 Å². The van der Waals surface area contributed by atoms with E-state index in [4.69, 9.17) is 26.4 Å². The van der Waals surface area contributed by atoms with Crippen LogP contribution < -0.4 is 10.1 Å². The van der Waals surface area contributed by atoms with Crippen LogP contribution in [0.15, 0.2) is 30.8 Å². The Labute approximate surface area is 181 Å². The number of aryl methyl sites for hydroxylation is 2. The van der Waals surface area contributed by atoms with E-state index in [1.165, 1.54) is 0 Å².